The molecule has 0 saturated heterocycles. The number of carbonyl (C=O) groups is 1. The molecular weight excluding hydrogens is 238 g/mol. The van der Waals surface area contributed by atoms with Gasteiger partial charge in [0.05, 0.1) is 5.39 Å². The predicted molar refractivity (Wildman–Crippen MR) is 73.7 cm³/mol. The van der Waals surface area contributed by atoms with E-state index in [1.54, 1.807) is 18.2 Å². The number of hydrogen-bond acceptors (Lipinski definition) is 2. The van der Waals surface area contributed by atoms with E-state index in [-0.39, 0.29) is 0 Å². The molecule has 0 aliphatic rings. The maximum atomic E-state index is 12.0. The molecule has 1 aromatic heterocycles. The van der Waals surface area contributed by atoms with E-state index in [2.05, 4.69) is 0 Å². The highest BCUT2D eigenvalue weighted by Gasteiger charge is 2.11. The average Bonchev–Trinajstić information content (AvgIpc) is 2.47. The summed E-state index contributed by atoms with van der Waals surface area (Å²) in [6.07, 6.45) is 2.31. The van der Waals surface area contributed by atoms with Crippen LogP contribution in [0, 0.1) is 5.21 Å². The number of nitrogens with zero attached hydrogens (tertiary/aromatic N) is 1. The Hall–Kier alpha value is -2.68. The molecule has 0 radical (unpaired) electrons. The van der Waals surface area contributed by atoms with Crippen LogP contribution in [0.1, 0.15) is 10.4 Å². The Kier molecular flexibility index (Phi) is 2.72. The second-order valence-corrected chi connectivity index (χ2v) is 4.32. The van der Waals surface area contributed by atoms with Gasteiger partial charge in [-0.05, 0) is 11.6 Å². The van der Waals surface area contributed by atoms with E-state index in [9.17, 15) is 10.0 Å². The van der Waals surface area contributed by atoms with Crippen molar-refractivity contribution in [2.75, 3.05) is 0 Å². The number of fused-ring (bicyclic) bond motifs is 1. The number of aromatic nitrogens is 1. The summed E-state index contributed by atoms with van der Waals surface area (Å²) >= 11 is 0. The van der Waals surface area contributed by atoms with Crippen molar-refractivity contribution in [3.63, 3.8) is 0 Å². The van der Waals surface area contributed by atoms with Gasteiger partial charge in [-0.3, -0.25) is 4.79 Å². The smallest absolute Gasteiger partial charge is 0.224 e. The number of hydrogen-bond donors (Lipinski definition) is 0. The zero-order valence-electron chi connectivity index (χ0n) is 10.1. The van der Waals surface area contributed by atoms with Gasteiger partial charge in [0.25, 0.3) is 0 Å². The minimum Gasteiger partial charge on any atom is -0.618 e. The van der Waals surface area contributed by atoms with Crippen LogP contribution in [0.5, 0.6) is 0 Å². The third kappa shape index (κ3) is 1.95. The van der Waals surface area contributed by atoms with Gasteiger partial charge in [-0.1, -0.05) is 42.5 Å². The molecule has 92 valence electrons. The van der Waals surface area contributed by atoms with E-state index >= 15 is 0 Å². The number of benzene rings is 2. The van der Waals surface area contributed by atoms with Gasteiger partial charge in [0.15, 0.2) is 12.5 Å². The molecule has 3 nitrogen and oxygen atoms in total. The quantitative estimate of drug-likeness (QED) is 0.398. The normalized spacial score (nSPS) is 10.5. The predicted octanol–water partition coefficient (Wildman–Crippen LogP) is 2.95. The number of rotatable bonds is 2. The van der Waals surface area contributed by atoms with E-state index in [1.165, 1.54) is 6.20 Å². The van der Waals surface area contributed by atoms with Crippen molar-refractivity contribution in [2.45, 2.75) is 0 Å². The highest BCUT2D eigenvalue weighted by Crippen LogP contribution is 2.23. The fourth-order valence-electron chi connectivity index (χ4n) is 2.20. The lowest BCUT2D eigenvalue weighted by Crippen LogP contribution is -2.26. The van der Waals surface area contributed by atoms with Gasteiger partial charge in [-0.15, -0.1) is 0 Å². The molecule has 0 bridgehead atoms. The van der Waals surface area contributed by atoms with Crippen molar-refractivity contribution in [3.8, 4) is 11.1 Å². The van der Waals surface area contributed by atoms with Crippen molar-refractivity contribution >= 4 is 17.2 Å². The summed E-state index contributed by atoms with van der Waals surface area (Å²) in [5.41, 5.74) is 2.79. The van der Waals surface area contributed by atoms with Gasteiger partial charge in [0, 0.05) is 17.2 Å². The number of aldehydes is 1. The molecule has 0 saturated carbocycles. The first kappa shape index (κ1) is 11.4. The second-order valence-electron chi connectivity index (χ2n) is 4.32. The number of carbonyl (C=O) groups excluding carboxylic acids is 1. The van der Waals surface area contributed by atoms with E-state index < -0.39 is 0 Å². The van der Waals surface area contributed by atoms with Crippen molar-refractivity contribution < 1.29 is 9.52 Å². The molecule has 3 aromatic rings. The Bertz CT molecular complexity index is 751. The molecule has 19 heavy (non-hydrogen) atoms. The first-order chi connectivity index (χ1) is 9.29. The summed E-state index contributed by atoms with van der Waals surface area (Å²) in [5.74, 6) is 0. The molecule has 3 rings (SSSR count). The molecule has 0 aliphatic carbocycles. The lowest BCUT2D eigenvalue weighted by Gasteiger charge is -2.07. The van der Waals surface area contributed by atoms with Gasteiger partial charge >= 0.3 is 0 Å². The highest BCUT2D eigenvalue weighted by atomic mass is 16.5. The van der Waals surface area contributed by atoms with Crippen LogP contribution < -0.4 is 4.73 Å². The molecule has 0 unspecified atom stereocenters. The molecule has 0 atom stereocenters. The van der Waals surface area contributed by atoms with Crippen LogP contribution in [0.2, 0.25) is 0 Å². The monoisotopic (exact) mass is 249 g/mol. The molecule has 0 amide bonds. The number of pyridine rings is 1. The molecule has 3 heteroatoms. The summed E-state index contributed by atoms with van der Waals surface area (Å²) in [6.45, 7) is 0. The Morgan fingerprint density at radius 3 is 2.47 bits per heavy atom. The molecule has 0 fully saturated rings. The van der Waals surface area contributed by atoms with Gasteiger partial charge in [0.2, 0.25) is 5.52 Å². The van der Waals surface area contributed by atoms with E-state index in [0.717, 1.165) is 22.1 Å². The molecule has 0 aliphatic heterocycles. The fraction of sp³-hybridized carbons (Fsp3) is 0. The molecular formula is C16H11NO2. The molecule has 1 heterocycles. The molecule has 0 N–H and O–H groups in total. The topological polar surface area (TPSA) is 44.0 Å². The van der Waals surface area contributed by atoms with E-state index in [4.69, 9.17) is 0 Å². The van der Waals surface area contributed by atoms with Gasteiger partial charge in [-0.2, -0.15) is 4.73 Å². The van der Waals surface area contributed by atoms with Crippen LogP contribution in [-0.2, 0) is 0 Å². The lowest BCUT2D eigenvalue weighted by atomic mass is 10.0. The Labute approximate surface area is 110 Å². The van der Waals surface area contributed by atoms with Crippen LogP contribution in [0.15, 0.2) is 60.8 Å². The summed E-state index contributed by atoms with van der Waals surface area (Å²) < 4.78 is 0.810. The second kappa shape index (κ2) is 4.53. The largest absolute Gasteiger partial charge is 0.618 e. The van der Waals surface area contributed by atoms with Crippen LogP contribution >= 0.6 is 0 Å². The van der Waals surface area contributed by atoms with Gasteiger partial charge in [0.1, 0.15) is 0 Å². The Morgan fingerprint density at radius 2 is 1.74 bits per heavy atom. The molecule has 0 spiro atoms. The van der Waals surface area contributed by atoms with Crippen LogP contribution in [0.25, 0.3) is 22.0 Å². The first-order valence-electron chi connectivity index (χ1n) is 5.96. The van der Waals surface area contributed by atoms with Crippen LogP contribution in [-0.4, -0.2) is 6.29 Å². The van der Waals surface area contributed by atoms with Crippen LogP contribution in [0.3, 0.4) is 0 Å². The Morgan fingerprint density at radius 1 is 0.947 bits per heavy atom. The maximum absolute atomic E-state index is 12.0. The third-order valence-corrected chi connectivity index (χ3v) is 3.14. The summed E-state index contributed by atoms with van der Waals surface area (Å²) in [4.78, 5) is 11.1. The zero-order valence-corrected chi connectivity index (χ0v) is 10.1. The highest BCUT2D eigenvalue weighted by molar-refractivity contribution is 5.96. The lowest BCUT2D eigenvalue weighted by molar-refractivity contribution is -0.576. The summed E-state index contributed by atoms with van der Waals surface area (Å²) in [5, 5.41) is 12.7. The average molecular weight is 249 g/mol. The summed E-state index contributed by atoms with van der Waals surface area (Å²) in [7, 11) is 0. The SMILES string of the molecule is O=Cc1cccc2c1cc(-c1ccccc1)c[n+]2[O-]. The van der Waals surface area contributed by atoms with Crippen molar-refractivity contribution in [1.29, 1.82) is 0 Å². The van der Waals surface area contributed by atoms with Gasteiger partial charge in [-0.25, -0.2) is 0 Å². The fourth-order valence-corrected chi connectivity index (χ4v) is 2.20. The van der Waals surface area contributed by atoms with E-state index in [1.807, 2.05) is 36.4 Å². The third-order valence-electron chi connectivity index (χ3n) is 3.14. The zero-order chi connectivity index (χ0) is 13.2. The minimum atomic E-state index is 0.504. The molecule has 2 aromatic carbocycles. The van der Waals surface area contributed by atoms with Crippen molar-refractivity contribution in [2.24, 2.45) is 0 Å². The van der Waals surface area contributed by atoms with Crippen LogP contribution in [0.4, 0.5) is 0 Å². The summed E-state index contributed by atoms with van der Waals surface area (Å²) in [6, 6.07) is 16.6. The van der Waals surface area contributed by atoms with Gasteiger partial charge < -0.3 is 5.21 Å². The van der Waals surface area contributed by atoms with E-state index in [0.29, 0.717) is 16.5 Å². The maximum Gasteiger partial charge on any atom is 0.224 e. The standard InChI is InChI=1S/C16H11NO2/c18-11-13-7-4-8-16-15(13)9-14(10-17(16)19)12-5-2-1-3-6-12/h1-11H. The van der Waals surface area contributed by atoms with Crippen molar-refractivity contribution in [3.05, 3.63) is 71.6 Å². The Balaban J connectivity index is 2.32. The van der Waals surface area contributed by atoms with Crippen molar-refractivity contribution in [1.82, 2.24) is 0 Å². The minimum absolute atomic E-state index is 0.504. The first-order valence-corrected chi connectivity index (χ1v) is 5.96.